The predicted octanol–water partition coefficient (Wildman–Crippen LogP) is 4.00. The number of fused-ring (bicyclic) bond motifs is 1. The van der Waals surface area contributed by atoms with E-state index < -0.39 is 6.10 Å². The number of aliphatic hydroxyl groups excluding tert-OH is 1. The van der Waals surface area contributed by atoms with Crippen molar-refractivity contribution in [1.29, 1.82) is 0 Å². The average molecular weight is 270 g/mol. The van der Waals surface area contributed by atoms with Gasteiger partial charge in [0.2, 0.25) is 0 Å². The van der Waals surface area contributed by atoms with Gasteiger partial charge in [0.25, 0.3) is 0 Å². The van der Waals surface area contributed by atoms with Crippen LogP contribution < -0.4 is 0 Å². The Hall–Kier alpha value is -1.38. The number of benzene rings is 2. The van der Waals surface area contributed by atoms with Gasteiger partial charge in [-0.15, -0.1) is 0 Å². The summed E-state index contributed by atoms with van der Waals surface area (Å²) in [4.78, 5) is 0. The Balaban J connectivity index is 2.04. The van der Waals surface area contributed by atoms with Crippen LogP contribution in [0.2, 0.25) is 0 Å². The Morgan fingerprint density at radius 1 is 1.20 bits per heavy atom. The van der Waals surface area contributed by atoms with Gasteiger partial charge in [-0.2, -0.15) is 0 Å². The van der Waals surface area contributed by atoms with Crippen molar-refractivity contribution in [3.8, 4) is 0 Å². The maximum atomic E-state index is 10.8. The monoisotopic (exact) mass is 270 g/mol. The summed E-state index contributed by atoms with van der Waals surface area (Å²) in [5.74, 6) is 0.214. The van der Waals surface area contributed by atoms with Crippen LogP contribution in [0.25, 0.3) is 10.8 Å². The van der Waals surface area contributed by atoms with Gasteiger partial charge < -0.3 is 9.84 Å². The molecule has 1 heterocycles. The van der Waals surface area contributed by atoms with Crippen molar-refractivity contribution in [2.45, 2.75) is 38.9 Å². The Bertz CT molecular complexity index is 605. The van der Waals surface area contributed by atoms with Gasteiger partial charge in [-0.05, 0) is 41.7 Å². The second-order valence-corrected chi connectivity index (χ2v) is 5.73. The third-order valence-electron chi connectivity index (χ3n) is 4.56. The maximum absolute atomic E-state index is 10.8. The highest BCUT2D eigenvalue weighted by Crippen LogP contribution is 2.37. The number of ether oxygens (including phenoxy) is 1. The Morgan fingerprint density at radius 2 is 1.95 bits per heavy atom. The van der Waals surface area contributed by atoms with Crippen molar-refractivity contribution in [3.05, 3.63) is 47.5 Å². The number of hydrogen-bond acceptors (Lipinski definition) is 2. The molecule has 1 N–H and O–H groups in total. The quantitative estimate of drug-likeness (QED) is 0.913. The fraction of sp³-hybridized carbons (Fsp3) is 0.444. The lowest BCUT2D eigenvalue weighted by Crippen LogP contribution is -2.22. The largest absolute Gasteiger partial charge is 0.388 e. The molecule has 0 spiro atoms. The topological polar surface area (TPSA) is 29.5 Å². The fourth-order valence-corrected chi connectivity index (χ4v) is 3.41. The predicted molar refractivity (Wildman–Crippen MR) is 81.8 cm³/mol. The zero-order valence-electron chi connectivity index (χ0n) is 12.2. The number of rotatable bonds is 3. The highest BCUT2D eigenvalue weighted by molar-refractivity contribution is 5.88. The van der Waals surface area contributed by atoms with E-state index in [1.54, 1.807) is 0 Å². The van der Waals surface area contributed by atoms with Gasteiger partial charge in [0, 0.05) is 12.5 Å². The molecule has 0 bridgehead atoms. The second-order valence-electron chi connectivity index (χ2n) is 5.73. The van der Waals surface area contributed by atoms with Crippen molar-refractivity contribution in [3.63, 3.8) is 0 Å². The second kappa shape index (κ2) is 5.55. The normalized spacial score (nSPS) is 24.1. The van der Waals surface area contributed by atoms with Crippen molar-refractivity contribution in [2.24, 2.45) is 5.92 Å². The van der Waals surface area contributed by atoms with Crippen LogP contribution in [0.3, 0.4) is 0 Å². The highest BCUT2D eigenvalue weighted by atomic mass is 16.5. The first-order valence-electron chi connectivity index (χ1n) is 7.50. The lowest BCUT2D eigenvalue weighted by molar-refractivity contribution is 0.0313. The van der Waals surface area contributed by atoms with Gasteiger partial charge in [0.15, 0.2) is 0 Å². The zero-order valence-corrected chi connectivity index (χ0v) is 12.2. The van der Waals surface area contributed by atoms with E-state index >= 15 is 0 Å². The molecule has 3 unspecified atom stereocenters. The van der Waals surface area contributed by atoms with Crippen LogP contribution in [-0.4, -0.2) is 17.8 Å². The summed E-state index contributed by atoms with van der Waals surface area (Å²) < 4.78 is 5.73. The molecule has 1 aliphatic heterocycles. The summed E-state index contributed by atoms with van der Waals surface area (Å²) in [5.41, 5.74) is 2.30. The van der Waals surface area contributed by atoms with Crippen LogP contribution in [0.4, 0.5) is 0 Å². The van der Waals surface area contributed by atoms with Crippen molar-refractivity contribution < 1.29 is 9.84 Å². The molecular weight excluding hydrogens is 248 g/mol. The summed E-state index contributed by atoms with van der Waals surface area (Å²) >= 11 is 0. The summed E-state index contributed by atoms with van der Waals surface area (Å²) in [5, 5.41) is 13.2. The smallest absolute Gasteiger partial charge is 0.0849 e. The molecule has 0 aliphatic carbocycles. The van der Waals surface area contributed by atoms with E-state index in [9.17, 15) is 5.11 Å². The van der Waals surface area contributed by atoms with Crippen molar-refractivity contribution in [1.82, 2.24) is 0 Å². The van der Waals surface area contributed by atoms with Gasteiger partial charge in [-0.3, -0.25) is 0 Å². The van der Waals surface area contributed by atoms with E-state index in [0.717, 1.165) is 25.0 Å². The minimum absolute atomic E-state index is 0.185. The molecule has 2 aromatic rings. The molecule has 0 saturated carbocycles. The highest BCUT2D eigenvalue weighted by Gasteiger charge is 2.34. The number of hydrogen-bond donors (Lipinski definition) is 1. The average Bonchev–Trinajstić information content (AvgIpc) is 2.96. The summed E-state index contributed by atoms with van der Waals surface area (Å²) in [6.07, 6.45) is 1.66. The van der Waals surface area contributed by atoms with Crippen molar-refractivity contribution >= 4 is 10.8 Å². The molecule has 106 valence electrons. The van der Waals surface area contributed by atoms with E-state index in [1.165, 1.54) is 16.3 Å². The molecular formula is C18H22O2. The van der Waals surface area contributed by atoms with E-state index in [0.29, 0.717) is 0 Å². The molecule has 2 aromatic carbocycles. The molecule has 3 atom stereocenters. The van der Waals surface area contributed by atoms with Gasteiger partial charge >= 0.3 is 0 Å². The molecule has 0 amide bonds. The molecule has 2 heteroatoms. The first kappa shape index (κ1) is 13.6. The third-order valence-corrected chi connectivity index (χ3v) is 4.56. The Kier molecular flexibility index (Phi) is 3.77. The fourth-order valence-electron chi connectivity index (χ4n) is 3.41. The van der Waals surface area contributed by atoms with Gasteiger partial charge in [-0.25, -0.2) is 0 Å². The standard InChI is InChI=1S/C18H22O2/c1-3-17-16(10-11-20-17)18(19)15-9-8-12(2)13-6-4-5-7-14(13)15/h4-9,16-19H,3,10-11H2,1-2H3. The molecule has 1 aliphatic rings. The van der Waals surface area contributed by atoms with Crippen LogP contribution in [0.5, 0.6) is 0 Å². The Labute approximate surface area is 120 Å². The number of aliphatic hydroxyl groups is 1. The molecule has 1 saturated heterocycles. The first-order chi connectivity index (χ1) is 9.72. The summed E-state index contributed by atoms with van der Waals surface area (Å²) in [6, 6.07) is 12.5. The van der Waals surface area contributed by atoms with E-state index in [1.807, 2.05) is 6.07 Å². The third kappa shape index (κ3) is 2.23. The minimum Gasteiger partial charge on any atom is -0.388 e. The zero-order chi connectivity index (χ0) is 14.1. The Morgan fingerprint density at radius 3 is 2.70 bits per heavy atom. The summed E-state index contributed by atoms with van der Waals surface area (Å²) in [7, 11) is 0. The lowest BCUT2D eigenvalue weighted by Gasteiger charge is -2.24. The van der Waals surface area contributed by atoms with Crippen LogP contribution in [-0.2, 0) is 4.74 Å². The SMILES string of the molecule is CCC1OCCC1C(O)c1ccc(C)c2ccccc12. The van der Waals surface area contributed by atoms with E-state index in [-0.39, 0.29) is 12.0 Å². The number of aryl methyl sites for hydroxylation is 1. The van der Waals surface area contributed by atoms with Crippen LogP contribution in [0.1, 0.15) is 37.0 Å². The van der Waals surface area contributed by atoms with Gasteiger partial charge in [0.05, 0.1) is 12.2 Å². The van der Waals surface area contributed by atoms with Crippen LogP contribution in [0, 0.1) is 12.8 Å². The van der Waals surface area contributed by atoms with Gasteiger partial charge in [0.1, 0.15) is 0 Å². The van der Waals surface area contributed by atoms with Crippen molar-refractivity contribution in [2.75, 3.05) is 6.61 Å². The van der Waals surface area contributed by atoms with Crippen LogP contribution in [0.15, 0.2) is 36.4 Å². The molecule has 0 aromatic heterocycles. The molecule has 20 heavy (non-hydrogen) atoms. The van der Waals surface area contributed by atoms with E-state index in [4.69, 9.17) is 4.74 Å². The summed E-state index contributed by atoms with van der Waals surface area (Å²) in [6.45, 7) is 5.01. The van der Waals surface area contributed by atoms with Gasteiger partial charge in [-0.1, -0.05) is 43.3 Å². The minimum atomic E-state index is -0.437. The molecule has 3 rings (SSSR count). The van der Waals surface area contributed by atoms with Crippen LogP contribution >= 0.6 is 0 Å². The molecule has 1 fully saturated rings. The molecule has 2 nitrogen and oxygen atoms in total. The van der Waals surface area contributed by atoms with E-state index in [2.05, 4.69) is 44.2 Å². The molecule has 0 radical (unpaired) electrons. The first-order valence-corrected chi connectivity index (χ1v) is 7.50. The maximum Gasteiger partial charge on any atom is 0.0849 e. The lowest BCUT2D eigenvalue weighted by atomic mass is 9.86.